The number of carbonyl (C=O) groups excluding carboxylic acids is 2. The van der Waals surface area contributed by atoms with Crippen molar-refractivity contribution in [3.05, 3.63) is 109 Å². The van der Waals surface area contributed by atoms with Crippen LogP contribution < -0.4 is 5.32 Å². The summed E-state index contributed by atoms with van der Waals surface area (Å²) >= 11 is 0. The molecule has 0 rings (SSSR count). The predicted molar refractivity (Wildman–Crippen MR) is 268 cm³/mol. The average molecular weight is 860 g/mol. The van der Waals surface area contributed by atoms with Crippen molar-refractivity contribution in [2.24, 2.45) is 0 Å². The molecule has 6 nitrogen and oxygen atoms in total. The molecule has 0 saturated heterocycles. The first kappa shape index (κ1) is 58.5. The molecule has 0 saturated carbocycles. The minimum Gasteiger partial charge on any atom is -0.462 e. The standard InChI is InChI=1S/C56H93NO5/c1-4-7-10-13-16-19-21-23-25-27-28-30-32-34-37-40-43-46-49-56(61)62-52(47-44-41-38-36-33-31-29-26-24-22-20-17-14-11-8-5-2)50-55(60)57-53(51-58)54(59)48-45-42-39-35-18-15-12-9-6-3/h11,14,16-17,19-31,33,52-54,58-59H,4-10,12-13,15,18,32,34-51H2,1-3H3,(H,57,60)/b14-11+,19-16+,20-17+,23-21+,24-22+,27-25+,29-26+,30-28+,33-31+. The van der Waals surface area contributed by atoms with Crippen molar-refractivity contribution in [1.29, 1.82) is 0 Å². The van der Waals surface area contributed by atoms with Crippen molar-refractivity contribution in [2.45, 2.75) is 225 Å². The number of rotatable bonds is 43. The van der Waals surface area contributed by atoms with E-state index in [1.54, 1.807) is 0 Å². The quantitative estimate of drug-likeness (QED) is 0.0322. The highest BCUT2D eigenvalue weighted by atomic mass is 16.5. The molecule has 6 heteroatoms. The lowest BCUT2D eigenvalue weighted by Gasteiger charge is -2.24. The minimum absolute atomic E-state index is 0.0323. The number of hydrogen-bond acceptors (Lipinski definition) is 5. The molecule has 3 N–H and O–H groups in total. The van der Waals surface area contributed by atoms with E-state index in [-0.39, 0.29) is 24.9 Å². The van der Waals surface area contributed by atoms with Crippen LogP contribution in [0, 0.1) is 0 Å². The van der Waals surface area contributed by atoms with Crippen LogP contribution in [-0.2, 0) is 14.3 Å². The van der Waals surface area contributed by atoms with Crippen molar-refractivity contribution in [3.63, 3.8) is 0 Å². The molecule has 1 amide bonds. The fourth-order valence-electron chi connectivity index (χ4n) is 6.94. The molecule has 0 spiro atoms. The Bertz CT molecular complexity index is 1280. The van der Waals surface area contributed by atoms with Gasteiger partial charge in [0, 0.05) is 6.42 Å². The van der Waals surface area contributed by atoms with Crippen LogP contribution >= 0.6 is 0 Å². The summed E-state index contributed by atoms with van der Waals surface area (Å²) in [6.07, 6.45) is 65.6. The maximum absolute atomic E-state index is 13.2. The number of amides is 1. The molecule has 3 unspecified atom stereocenters. The van der Waals surface area contributed by atoms with Crippen LogP contribution in [0.1, 0.15) is 207 Å². The van der Waals surface area contributed by atoms with E-state index in [2.05, 4.69) is 99.0 Å². The van der Waals surface area contributed by atoms with Gasteiger partial charge in [-0.2, -0.15) is 0 Å². The Labute approximate surface area is 381 Å². The largest absolute Gasteiger partial charge is 0.462 e. The van der Waals surface area contributed by atoms with E-state index < -0.39 is 18.2 Å². The molecule has 0 bridgehead atoms. The van der Waals surface area contributed by atoms with Gasteiger partial charge in [-0.25, -0.2) is 0 Å². The molecule has 0 aliphatic rings. The second-order valence-corrected chi connectivity index (χ2v) is 16.7. The van der Waals surface area contributed by atoms with E-state index in [0.717, 1.165) is 103 Å². The summed E-state index contributed by atoms with van der Waals surface area (Å²) in [4.78, 5) is 26.1. The molecule has 62 heavy (non-hydrogen) atoms. The molecular weight excluding hydrogens is 767 g/mol. The summed E-state index contributed by atoms with van der Waals surface area (Å²) in [6.45, 7) is 6.30. The Morgan fingerprint density at radius 3 is 1.35 bits per heavy atom. The summed E-state index contributed by atoms with van der Waals surface area (Å²) in [6, 6.07) is -0.727. The van der Waals surface area contributed by atoms with Gasteiger partial charge in [0.1, 0.15) is 6.10 Å². The summed E-state index contributed by atoms with van der Waals surface area (Å²) in [5, 5.41) is 23.7. The number of nitrogens with one attached hydrogen (secondary N) is 1. The van der Waals surface area contributed by atoms with Crippen molar-refractivity contribution in [2.75, 3.05) is 6.61 Å². The van der Waals surface area contributed by atoms with Gasteiger partial charge in [0.15, 0.2) is 0 Å². The number of ether oxygens (including phenoxy) is 1. The molecule has 0 fully saturated rings. The molecule has 352 valence electrons. The number of allylic oxidation sites excluding steroid dienone is 18. The summed E-state index contributed by atoms with van der Waals surface area (Å²) in [5.74, 6) is -0.554. The maximum Gasteiger partial charge on any atom is 0.306 e. The second-order valence-electron chi connectivity index (χ2n) is 16.7. The fourth-order valence-corrected chi connectivity index (χ4v) is 6.94. The number of unbranched alkanes of at least 4 members (excludes halogenated alkanes) is 20. The van der Waals surface area contributed by atoms with Gasteiger partial charge in [0.25, 0.3) is 0 Å². The lowest BCUT2D eigenvalue weighted by atomic mass is 10.0. The third-order valence-corrected chi connectivity index (χ3v) is 10.8. The van der Waals surface area contributed by atoms with Gasteiger partial charge in [0.05, 0.1) is 25.2 Å². The lowest BCUT2D eigenvalue weighted by molar-refractivity contribution is -0.151. The number of esters is 1. The SMILES string of the molecule is CCC/C=C/C=C/C=C/C=C/C=C/CCCCCC(CC(=O)NC(CO)C(O)CCCCCCCCCCC)OC(=O)CCCCCCC/C=C/C=C/C=C/C=C/CCCCC. The predicted octanol–water partition coefficient (Wildman–Crippen LogP) is 15.1. The molecule has 3 atom stereocenters. The first-order valence-electron chi connectivity index (χ1n) is 25.2. The van der Waals surface area contributed by atoms with Gasteiger partial charge in [-0.15, -0.1) is 0 Å². The van der Waals surface area contributed by atoms with E-state index in [1.165, 1.54) is 57.8 Å². The van der Waals surface area contributed by atoms with Crippen LogP contribution in [0.25, 0.3) is 0 Å². The third-order valence-electron chi connectivity index (χ3n) is 10.8. The van der Waals surface area contributed by atoms with Gasteiger partial charge in [0.2, 0.25) is 5.91 Å². The highest BCUT2D eigenvalue weighted by Crippen LogP contribution is 2.17. The summed E-state index contributed by atoms with van der Waals surface area (Å²) in [5.41, 5.74) is 0. The Balaban J connectivity index is 4.76. The van der Waals surface area contributed by atoms with E-state index in [4.69, 9.17) is 4.74 Å². The number of carbonyl (C=O) groups is 2. The van der Waals surface area contributed by atoms with E-state index in [0.29, 0.717) is 19.3 Å². The Morgan fingerprint density at radius 1 is 0.468 bits per heavy atom. The van der Waals surface area contributed by atoms with Crippen LogP contribution in [0.15, 0.2) is 109 Å². The van der Waals surface area contributed by atoms with Gasteiger partial charge in [-0.1, -0.05) is 233 Å². The first-order chi connectivity index (χ1) is 30.5. The van der Waals surface area contributed by atoms with Crippen molar-refractivity contribution < 1.29 is 24.5 Å². The van der Waals surface area contributed by atoms with Gasteiger partial charge in [-0.3, -0.25) is 9.59 Å². The van der Waals surface area contributed by atoms with Crippen molar-refractivity contribution in [1.82, 2.24) is 5.32 Å². The van der Waals surface area contributed by atoms with E-state index in [9.17, 15) is 19.8 Å². The highest BCUT2D eigenvalue weighted by Gasteiger charge is 2.24. The van der Waals surface area contributed by atoms with Crippen LogP contribution in [0.5, 0.6) is 0 Å². The normalized spacial score (nSPS) is 14.2. The fraction of sp³-hybridized carbons (Fsp3) is 0.643. The van der Waals surface area contributed by atoms with E-state index >= 15 is 0 Å². The summed E-state index contributed by atoms with van der Waals surface area (Å²) in [7, 11) is 0. The average Bonchev–Trinajstić information content (AvgIpc) is 3.26. The van der Waals surface area contributed by atoms with Gasteiger partial charge in [-0.05, 0) is 70.6 Å². The lowest BCUT2D eigenvalue weighted by Crippen LogP contribution is -2.46. The summed E-state index contributed by atoms with van der Waals surface area (Å²) < 4.78 is 5.90. The maximum atomic E-state index is 13.2. The Kier molecular flexibility index (Phi) is 45.8. The Morgan fingerprint density at radius 2 is 0.855 bits per heavy atom. The van der Waals surface area contributed by atoms with Crippen molar-refractivity contribution >= 4 is 11.9 Å². The third kappa shape index (κ3) is 43.2. The molecule has 0 aromatic heterocycles. The zero-order valence-corrected chi connectivity index (χ0v) is 40.0. The van der Waals surface area contributed by atoms with Crippen LogP contribution in [0.3, 0.4) is 0 Å². The topological polar surface area (TPSA) is 95.9 Å². The van der Waals surface area contributed by atoms with Crippen LogP contribution in [-0.4, -0.2) is 46.9 Å². The first-order valence-corrected chi connectivity index (χ1v) is 25.2. The zero-order valence-electron chi connectivity index (χ0n) is 40.0. The molecule has 0 aliphatic heterocycles. The van der Waals surface area contributed by atoms with Crippen LogP contribution in [0.2, 0.25) is 0 Å². The molecule has 0 aromatic carbocycles. The van der Waals surface area contributed by atoms with Gasteiger partial charge < -0.3 is 20.3 Å². The van der Waals surface area contributed by atoms with Crippen LogP contribution in [0.4, 0.5) is 0 Å². The Hall–Kier alpha value is -3.48. The molecule has 0 aliphatic carbocycles. The van der Waals surface area contributed by atoms with Gasteiger partial charge >= 0.3 is 5.97 Å². The van der Waals surface area contributed by atoms with Crippen molar-refractivity contribution in [3.8, 4) is 0 Å². The zero-order chi connectivity index (χ0) is 45.2. The number of aliphatic hydroxyl groups is 2. The molecule has 0 heterocycles. The van der Waals surface area contributed by atoms with E-state index in [1.807, 2.05) is 36.5 Å². The second kappa shape index (κ2) is 48.6. The minimum atomic E-state index is -0.810. The molecule has 0 aromatic rings. The smallest absolute Gasteiger partial charge is 0.306 e. The number of hydrogen-bond donors (Lipinski definition) is 3. The highest BCUT2D eigenvalue weighted by molar-refractivity contribution is 5.77. The molecule has 0 radical (unpaired) electrons. The molecular formula is C56H93NO5. The number of aliphatic hydroxyl groups excluding tert-OH is 2. The monoisotopic (exact) mass is 860 g/mol.